The van der Waals surface area contributed by atoms with Crippen LogP contribution >= 0.6 is 0 Å². The molecule has 1 fully saturated rings. The molecule has 2 N–H and O–H groups in total. The van der Waals surface area contributed by atoms with Crippen LogP contribution in [-0.2, 0) is 6.42 Å². The van der Waals surface area contributed by atoms with E-state index in [2.05, 4.69) is 10.6 Å². The number of carbonyl (C=O) groups excluding carboxylic acids is 1. The van der Waals surface area contributed by atoms with Crippen LogP contribution in [0.25, 0.3) is 33.5 Å². The van der Waals surface area contributed by atoms with E-state index in [1.165, 1.54) is 0 Å². The maximum absolute atomic E-state index is 13.7. The van der Waals surface area contributed by atoms with Crippen LogP contribution in [0.2, 0.25) is 0 Å². The number of fused-ring (bicyclic) bond motifs is 1. The summed E-state index contributed by atoms with van der Waals surface area (Å²) in [6, 6.07) is 28.8. The summed E-state index contributed by atoms with van der Waals surface area (Å²) in [5.74, 6) is -2.05. The lowest BCUT2D eigenvalue weighted by Crippen LogP contribution is -2.51. The van der Waals surface area contributed by atoms with Gasteiger partial charge in [-0.15, -0.1) is 0 Å². The topological polar surface area (TPSA) is 66.9 Å². The molecule has 0 bridgehead atoms. The smallest absolute Gasteiger partial charge is 0.251 e. The Morgan fingerprint density at radius 1 is 0.795 bits per heavy atom. The van der Waals surface area contributed by atoms with E-state index in [9.17, 15) is 13.6 Å². The molecule has 7 heteroatoms. The molecule has 194 valence electrons. The molecule has 4 aromatic carbocycles. The Morgan fingerprint density at radius 3 is 1.97 bits per heavy atom. The van der Waals surface area contributed by atoms with Gasteiger partial charge in [0.05, 0.1) is 28.0 Å². The maximum Gasteiger partial charge on any atom is 0.251 e. The number of nitrogens with zero attached hydrogens (tertiary/aromatic N) is 2. The van der Waals surface area contributed by atoms with Gasteiger partial charge in [-0.3, -0.25) is 4.79 Å². The fourth-order valence-corrected chi connectivity index (χ4v) is 5.21. The zero-order valence-electron chi connectivity index (χ0n) is 21.1. The number of hydrogen-bond donors (Lipinski definition) is 2. The van der Waals surface area contributed by atoms with Crippen LogP contribution in [0.5, 0.6) is 0 Å². The van der Waals surface area contributed by atoms with Crippen molar-refractivity contribution in [2.24, 2.45) is 0 Å². The minimum atomic E-state index is -0.777. The van der Waals surface area contributed by atoms with Gasteiger partial charge in [0.25, 0.3) is 5.91 Å². The van der Waals surface area contributed by atoms with Gasteiger partial charge in [-0.25, -0.2) is 18.7 Å². The summed E-state index contributed by atoms with van der Waals surface area (Å²) in [5.41, 5.74) is 5.62. The SMILES string of the molecule is O=C(N[C@]1(Cc2ccc(-c3nc4ccccc4nc3-c3ccccc3)cc2)CCNC1)c1cc(F)cc(F)c1. The summed E-state index contributed by atoms with van der Waals surface area (Å²) in [4.78, 5) is 22.8. The van der Waals surface area contributed by atoms with Gasteiger partial charge in [0.2, 0.25) is 0 Å². The van der Waals surface area contributed by atoms with Crippen molar-refractivity contribution in [1.29, 1.82) is 0 Å². The highest BCUT2D eigenvalue weighted by Crippen LogP contribution is 2.32. The molecule has 5 aromatic rings. The van der Waals surface area contributed by atoms with E-state index >= 15 is 0 Å². The lowest BCUT2D eigenvalue weighted by molar-refractivity contribution is 0.0904. The zero-order valence-corrected chi connectivity index (χ0v) is 21.1. The summed E-state index contributed by atoms with van der Waals surface area (Å²) >= 11 is 0. The molecule has 1 amide bonds. The van der Waals surface area contributed by atoms with Gasteiger partial charge in [0, 0.05) is 29.3 Å². The number of rotatable bonds is 6. The minimum Gasteiger partial charge on any atom is -0.345 e. The van der Waals surface area contributed by atoms with Crippen molar-refractivity contribution in [2.75, 3.05) is 13.1 Å². The number of halogens is 2. The molecule has 6 rings (SSSR count). The Labute approximate surface area is 224 Å². The standard InChI is InChI=1S/C32H26F2N4O/c33-25-16-24(17-26(34)18-25)31(39)38-32(14-15-35-20-32)19-21-10-12-23(13-11-21)30-29(22-6-2-1-3-7-22)36-27-8-4-5-9-28(27)37-30/h1-13,16-18,35H,14-15,19-20H2,(H,38,39)/t32-/m0/s1. The van der Waals surface area contributed by atoms with E-state index in [1.807, 2.05) is 78.9 Å². The fraction of sp³-hybridized carbons (Fsp3) is 0.156. The van der Waals surface area contributed by atoms with Crippen molar-refractivity contribution in [2.45, 2.75) is 18.4 Å². The summed E-state index contributed by atoms with van der Waals surface area (Å²) < 4.78 is 27.4. The van der Waals surface area contributed by atoms with E-state index in [0.717, 1.165) is 63.9 Å². The number of hydrogen-bond acceptors (Lipinski definition) is 4. The molecule has 0 saturated carbocycles. The van der Waals surface area contributed by atoms with Gasteiger partial charge < -0.3 is 10.6 Å². The predicted molar refractivity (Wildman–Crippen MR) is 148 cm³/mol. The molecule has 0 radical (unpaired) electrons. The first kappa shape index (κ1) is 24.8. The normalized spacial score (nSPS) is 16.9. The van der Waals surface area contributed by atoms with Crippen LogP contribution in [-0.4, -0.2) is 34.5 Å². The summed E-state index contributed by atoms with van der Waals surface area (Å²) in [5, 5.41) is 6.36. The van der Waals surface area contributed by atoms with Crippen LogP contribution in [0.3, 0.4) is 0 Å². The van der Waals surface area contributed by atoms with Gasteiger partial charge in [0.15, 0.2) is 0 Å². The Kier molecular flexibility index (Phi) is 6.59. The molecule has 39 heavy (non-hydrogen) atoms. The first-order valence-electron chi connectivity index (χ1n) is 12.9. The van der Waals surface area contributed by atoms with Crippen LogP contribution in [0, 0.1) is 11.6 Å². The molecule has 0 spiro atoms. The number of benzene rings is 4. The van der Waals surface area contributed by atoms with Crippen molar-refractivity contribution in [3.05, 3.63) is 120 Å². The molecular weight excluding hydrogens is 494 g/mol. The van der Waals surface area contributed by atoms with E-state index in [4.69, 9.17) is 9.97 Å². The molecule has 2 heterocycles. The largest absolute Gasteiger partial charge is 0.345 e. The third-order valence-electron chi connectivity index (χ3n) is 7.13. The van der Waals surface area contributed by atoms with Crippen molar-refractivity contribution >= 4 is 16.9 Å². The quantitative estimate of drug-likeness (QED) is 0.291. The second-order valence-electron chi connectivity index (χ2n) is 9.97. The minimum absolute atomic E-state index is 0.0301. The molecule has 1 saturated heterocycles. The molecule has 1 aliphatic rings. The lowest BCUT2D eigenvalue weighted by Gasteiger charge is -2.30. The van der Waals surface area contributed by atoms with Crippen LogP contribution in [0.1, 0.15) is 22.3 Å². The fourth-order valence-electron chi connectivity index (χ4n) is 5.21. The molecule has 1 atom stereocenters. The van der Waals surface area contributed by atoms with Crippen LogP contribution < -0.4 is 10.6 Å². The summed E-state index contributed by atoms with van der Waals surface area (Å²) in [7, 11) is 0. The number of aromatic nitrogens is 2. The lowest BCUT2D eigenvalue weighted by atomic mass is 9.88. The third-order valence-corrected chi connectivity index (χ3v) is 7.13. The number of para-hydroxylation sites is 2. The first-order chi connectivity index (χ1) is 19.0. The third kappa shape index (κ3) is 5.26. The Bertz CT molecular complexity index is 1630. The van der Waals surface area contributed by atoms with Crippen molar-refractivity contribution in [1.82, 2.24) is 20.6 Å². The Balaban J connectivity index is 1.30. The van der Waals surface area contributed by atoms with Crippen LogP contribution in [0.4, 0.5) is 8.78 Å². The van der Waals surface area contributed by atoms with Crippen LogP contribution in [0.15, 0.2) is 97.1 Å². The second-order valence-corrected chi connectivity index (χ2v) is 9.97. The van der Waals surface area contributed by atoms with Crippen molar-refractivity contribution < 1.29 is 13.6 Å². The summed E-state index contributed by atoms with van der Waals surface area (Å²) in [6.07, 6.45) is 1.27. The summed E-state index contributed by atoms with van der Waals surface area (Å²) in [6.45, 7) is 1.30. The van der Waals surface area contributed by atoms with E-state index < -0.39 is 23.1 Å². The number of nitrogens with one attached hydrogen (secondary N) is 2. The van der Waals surface area contributed by atoms with Crippen molar-refractivity contribution in [3.8, 4) is 22.5 Å². The maximum atomic E-state index is 13.7. The van der Waals surface area contributed by atoms with E-state index in [-0.39, 0.29) is 5.56 Å². The van der Waals surface area contributed by atoms with Gasteiger partial charge >= 0.3 is 0 Å². The average Bonchev–Trinajstić information content (AvgIpc) is 3.40. The highest BCUT2D eigenvalue weighted by atomic mass is 19.1. The highest BCUT2D eigenvalue weighted by molar-refractivity contribution is 5.94. The molecule has 0 aliphatic carbocycles. The average molecular weight is 521 g/mol. The molecular formula is C32H26F2N4O. The van der Waals surface area contributed by atoms with Gasteiger partial charge in [-0.05, 0) is 49.2 Å². The molecule has 1 aliphatic heterocycles. The molecule has 1 aromatic heterocycles. The van der Waals surface area contributed by atoms with Gasteiger partial charge in [0.1, 0.15) is 11.6 Å². The predicted octanol–water partition coefficient (Wildman–Crippen LogP) is 5.95. The first-order valence-corrected chi connectivity index (χ1v) is 12.9. The molecule has 5 nitrogen and oxygen atoms in total. The Morgan fingerprint density at radius 2 is 1.38 bits per heavy atom. The highest BCUT2D eigenvalue weighted by Gasteiger charge is 2.36. The number of amides is 1. The van der Waals surface area contributed by atoms with E-state index in [0.29, 0.717) is 19.4 Å². The zero-order chi connectivity index (χ0) is 26.8. The van der Waals surface area contributed by atoms with E-state index in [1.54, 1.807) is 0 Å². The monoisotopic (exact) mass is 520 g/mol. The number of carbonyl (C=O) groups is 1. The van der Waals surface area contributed by atoms with Crippen molar-refractivity contribution in [3.63, 3.8) is 0 Å². The van der Waals surface area contributed by atoms with Gasteiger partial charge in [-0.1, -0.05) is 66.7 Å². The second kappa shape index (κ2) is 10.3. The molecule has 0 unspecified atom stereocenters. The van der Waals surface area contributed by atoms with Gasteiger partial charge in [-0.2, -0.15) is 0 Å². The Hall–Kier alpha value is -4.49.